The first-order valence-corrected chi connectivity index (χ1v) is 11.5. The molecule has 0 saturated heterocycles. The number of carbonyl (C=O) groups is 3. The van der Waals surface area contributed by atoms with Gasteiger partial charge in [0.25, 0.3) is 11.8 Å². The number of fused-ring (bicyclic) bond motifs is 1. The third-order valence-corrected chi connectivity index (χ3v) is 5.98. The molecule has 0 radical (unpaired) electrons. The molecule has 3 N–H and O–H groups in total. The lowest BCUT2D eigenvalue weighted by Crippen LogP contribution is -2.29. The summed E-state index contributed by atoms with van der Waals surface area (Å²) in [5, 5.41) is 14.6. The van der Waals surface area contributed by atoms with Crippen molar-refractivity contribution in [3.8, 4) is 0 Å². The molecule has 190 valence electrons. The molecule has 3 amide bonds. The topological polar surface area (TPSA) is 141 Å². The molecule has 0 fully saturated rings. The highest BCUT2D eigenvalue weighted by Gasteiger charge is 2.26. The summed E-state index contributed by atoms with van der Waals surface area (Å²) in [5.74, 6) is -1.20. The Morgan fingerprint density at radius 2 is 1.92 bits per heavy atom. The van der Waals surface area contributed by atoms with E-state index in [2.05, 4.69) is 36.5 Å². The van der Waals surface area contributed by atoms with Crippen LogP contribution in [0.15, 0.2) is 59.2 Å². The van der Waals surface area contributed by atoms with E-state index in [1.165, 1.54) is 23.5 Å². The van der Waals surface area contributed by atoms with E-state index < -0.39 is 11.8 Å². The molecule has 1 aliphatic carbocycles. The van der Waals surface area contributed by atoms with Crippen molar-refractivity contribution in [2.75, 3.05) is 12.1 Å². The van der Waals surface area contributed by atoms with Crippen LogP contribution in [0.3, 0.4) is 0 Å². The van der Waals surface area contributed by atoms with Crippen molar-refractivity contribution in [3.63, 3.8) is 0 Å². The Labute approximate surface area is 212 Å². The Balaban J connectivity index is 1.39. The molecule has 0 unspecified atom stereocenters. The van der Waals surface area contributed by atoms with Crippen molar-refractivity contribution >= 4 is 23.9 Å². The second-order valence-corrected chi connectivity index (χ2v) is 8.46. The summed E-state index contributed by atoms with van der Waals surface area (Å²) in [5.41, 5.74) is 6.30. The molecular formula is C25H25FN8O3. The fraction of sp³-hybridized carbons (Fsp3) is 0.240. The largest absolute Gasteiger partial charge is 0.347 e. The number of amides is 3. The first-order valence-electron chi connectivity index (χ1n) is 11.5. The van der Waals surface area contributed by atoms with E-state index in [0.29, 0.717) is 18.4 Å². The van der Waals surface area contributed by atoms with Crippen molar-refractivity contribution in [1.29, 1.82) is 0 Å². The van der Waals surface area contributed by atoms with Gasteiger partial charge in [0.05, 0.1) is 11.7 Å². The van der Waals surface area contributed by atoms with Crippen LogP contribution in [0.2, 0.25) is 0 Å². The maximum absolute atomic E-state index is 13.4. The standard InChI is InChI=1S/C25H25FN8O3/c1-15-9-16(3-7-20(15)26)12-27-24(36)22-11-23(29-13-28-22)25(37)31-21-8-4-17-10-18(5-6-19(17)21)34(2)33-32-30-14-35/h3,5-7,9-11,13-14,21H,4,8,12H2,1-2H3,(H,27,36)(H,31,37)(H,30,33,35)/t21-/m0/s1. The van der Waals surface area contributed by atoms with E-state index in [-0.39, 0.29) is 29.8 Å². The zero-order valence-electron chi connectivity index (χ0n) is 20.2. The van der Waals surface area contributed by atoms with Gasteiger partial charge in [-0.15, -0.1) is 0 Å². The van der Waals surface area contributed by atoms with Crippen molar-refractivity contribution in [3.05, 3.63) is 88.3 Å². The molecule has 4 rings (SSSR count). The minimum atomic E-state index is -0.471. The number of hydrogen-bond donors (Lipinski definition) is 3. The zero-order chi connectivity index (χ0) is 26.4. The summed E-state index contributed by atoms with van der Waals surface area (Å²) in [6.07, 6.45) is 3.06. The third kappa shape index (κ3) is 6.10. The van der Waals surface area contributed by atoms with Crippen molar-refractivity contribution < 1.29 is 18.8 Å². The number of hydrogen-bond acceptors (Lipinski definition) is 7. The molecule has 1 aromatic heterocycles. The van der Waals surface area contributed by atoms with Gasteiger partial charge in [-0.3, -0.25) is 14.4 Å². The van der Waals surface area contributed by atoms with E-state index in [0.717, 1.165) is 28.8 Å². The minimum Gasteiger partial charge on any atom is -0.347 e. The summed E-state index contributed by atoms with van der Waals surface area (Å²) >= 11 is 0. The van der Waals surface area contributed by atoms with Crippen LogP contribution in [-0.2, 0) is 17.8 Å². The lowest BCUT2D eigenvalue weighted by Gasteiger charge is -2.16. The van der Waals surface area contributed by atoms with Crippen LogP contribution in [0.4, 0.5) is 10.1 Å². The lowest BCUT2D eigenvalue weighted by atomic mass is 10.1. The second kappa shape index (κ2) is 11.3. The number of carbonyl (C=O) groups excluding carboxylic acids is 3. The highest BCUT2D eigenvalue weighted by molar-refractivity contribution is 5.97. The monoisotopic (exact) mass is 504 g/mol. The minimum absolute atomic E-state index is 0.0525. The highest BCUT2D eigenvalue weighted by Crippen LogP contribution is 2.34. The molecule has 0 aliphatic heterocycles. The van der Waals surface area contributed by atoms with Crippen LogP contribution in [0.25, 0.3) is 0 Å². The van der Waals surface area contributed by atoms with Crippen LogP contribution < -0.4 is 21.1 Å². The molecule has 0 spiro atoms. The van der Waals surface area contributed by atoms with Crippen molar-refractivity contribution in [1.82, 2.24) is 26.0 Å². The van der Waals surface area contributed by atoms with E-state index in [1.807, 2.05) is 18.2 Å². The quantitative estimate of drug-likeness (QED) is 0.232. The number of aryl methyl sites for hydroxylation is 2. The first-order chi connectivity index (χ1) is 17.9. The molecule has 1 heterocycles. The maximum Gasteiger partial charge on any atom is 0.270 e. The van der Waals surface area contributed by atoms with Gasteiger partial charge in [-0.2, -0.15) is 0 Å². The van der Waals surface area contributed by atoms with Gasteiger partial charge in [-0.25, -0.2) is 24.8 Å². The van der Waals surface area contributed by atoms with Crippen LogP contribution in [0, 0.1) is 12.7 Å². The predicted molar refractivity (Wildman–Crippen MR) is 132 cm³/mol. The van der Waals surface area contributed by atoms with Gasteiger partial charge in [0, 0.05) is 19.7 Å². The summed E-state index contributed by atoms with van der Waals surface area (Å²) < 4.78 is 13.4. The van der Waals surface area contributed by atoms with Gasteiger partial charge in [-0.1, -0.05) is 18.2 Å². The van der Waals surface area contributed by atoms with Gasteiger partial charge < -0.3 is 10.6 Å². The SMILES string of the molecule is Cc1cc(CNC(=O)c2cc(C(=O)N[C@H]3CCc4cc(N(C)/N=N\NC=O)ccc43)ncn2)ccc1F. The van der Waals surface area contributed by atoms with Crippen LogP contribution >= 0.6 is 0 Å². The van der Waals surface area contributed by atoms with Gasteiger partial charge in [0.2, 0.25) is 6.41 Å². The fourth-order valence-electron chi connectivity index (χ4n) is 4.05. The van der Waals surface area contributed by atoms with Gasteiger partial charge >= 0.3 is 0 Å². The van der Waals surface area contributed by atoms with E-state index in [1.54, 1.807) is 26.1 Å². The first kappa shape index (κ1) is 25.4. The number of rotatable bonds is 9. The van der Waals surface area contributed by atoms with E-state index in [4.69, 9.17) is 0 Å². The molecule has 12 heteroatoms. The number of benzene rings is 2. The Hall–Kier alpha value is -4.74. The Bertz CT molecular complexity index is 1360. The summed E-state index contributed by atoms with van der Waals surface area (Å²) in [6, 6.07) is 11.4. The average molecular weight is 505 g/mol. The Morgan fingerprint density at radius 3 is 2.68 bits per heavy atom. The zero-order valence-corrected chi connectivity index (χ0v) is 20.2. The molecule has 0 saturated carbocycles. The molecule has 0 bridgehead atoms. The molecule has 37 heavy (non-hydrogen) atoms. The van der Waals surface area contributed by atoms with Crippen molar-refractivity contribution in [2.45, 2.75) is 32.4 Å². The Morgan fingerprint density at radius 1 is 1.14 bits per heavy atom. The van der Waals surface area contributed by atoms with Crippen molar-refractivity contribution in [2.24, 2.45) is 10.4 Å². The van der Waals surface area contributed by atoms with Gasteiger partial charge in [0.15, 0.2) is 0 Å². The van der Waals surface area contributed by atoms with Gasteiger partial charge in [0.1, 0.15) is 23.5 Å². The molecular weight excluding hydrogens is 479 g/mol. The molecule has 11 nitrogen and oxygen atoms in total. The number of aromatic nitrogens is 2. The molecule has 1 atom stereocenters. The number of nitrogens with zero attached hydrogens (tertiary/aromatic N) is 5. The van der Waals surface area contributed by atoms with Gasteiger partial charge in [-0.05, 0) is 70.7 Å². The van der Waals surface area contributed by atoms with E-state index in [9.17, 15) is 18.8 Å². The Kier molecular flexibility index (Phi) is 7.77. The summed E-state index contributed by atoms with van der Waals surface area (Å²) in [4.78, 5) is 43.8. The normalized spacial score (nSPS) is 14.2. The molecule has 1 aliphatic rings. The summed E-state index contributed by atoms with van der Waals surface area (Å²) in [6.45, 7) is 1.84. The number of anilines is 1. The molecule has 2 aromatic carbocycles. The summed E-state index contributed by atoms with van der Waals surface area (Å²) in [7, 11) is 1.70. The fourth-order valence-corrected chi connectivity index (χ4v) is 4.05. The predicted octanol–water partition coefficient (Wildman–Crippen LogP) is 2.74. The van der Waals surface area contributed by atoms with Crippen LogP contribution in [-0.4, -0.2) is 35.2 Å². The van der Waals surface area contributed by atoms with Crippen LogP contribution in [0.1, 0.15) is 55.7 Å². The number of halogens is 1. The maximum atomic E-state index is 13.4. The van der Waals surface area contributed by atoms with Crippen LogP contribution in [0.5, 0.6) is 0 Å². The van der Waals surface area contributed by atoms with E-state index >= 15 is 0 Å². The molecule has 3 aromatic rings. The highest BCUT2D eigenvalue weighted by atomic mass is 19.1. The lowest BCUT2D eigenvalue weighted by molar-refractivity contribution is -0.109. The average Bonchev–Trinajstić information content (AvgIpc) is 3.31. The smallest absolute Gasteiger partial charge is 0.270 e. The second-order valence-electron chi connectivity index (χ2n) is 8.46. The third-order valence-electron chi connectivity index (χ3n) is 5.98. The number of nitrogens with one attached hydrogen (secondary N) is 3.